The van der Waals surface area contributed by atoms with E-state index in [1.807, 2.05) is 24.3 Å². The van der Waals surface area contributed by atoms with Crippen molar-refractivity contribution in [3.05, 3.63) is 45.3 Å². The highest BCUT2D eigenvalue weighted by Gasteiger charge is 2.27. The molecule has 0 spiro atoms. The summed E-state index contributed by atoms with van der Waals surface area (Å²) in [5.41, 5.74) is 7.12. The summed E-state index contributed by atoms with van der Waals surface area (Å²) in [5.74, 6) is 0.297. The molecule has 0 fully saturated rings. The molecule has 0 saturated carbocycles. The van der Waals surface area contributed by atoms with Crippen LogP contribution in [0.3, 0.4) is 0 Å². The van der Waals surface area contributed by atoms with Gasteiger partial charge in [-0.15, -0.1) is 23.1 Å². The van der Waals surface area contributed by atoms with Crippen LogP contribution in [0.2, 0.25) is 5.02 Å². The molecule has 0 saturated heterocycles. The highest BCUT2D eigenvalue weighted by Crippen LogP contribution is 2.37. The fourth-order valence-corrected chi connectivity index (χ4v) is 5.51. The van der Waals surface area contributed by atoms with E-state index in [1.165, 1.54) is 11.3 Å². The third-order valence-corrected chi connectivity index (χ3v) is 7.20. The molecule has 1 aliphatic rings. The monoisotopic (exact) mass is 437 g/mol. The van der Waals surface area contributed by atoms with Gasteiger partial charge in [-0.1, -0.05) is 18.5 Å². The van der Waals surface area contributed by atoms with Crippen LogP contribution in [0.5, 0.6) is 0 Å². The maximum Gasteiger partial charge on any atom is 0.251 e. The average Bonchev–Trinajstić information content (AvgIpc) is 3.03. The summed E-state index contributed by atoms with van der Waals surface area (Å²) in [5, 5.41) is 4.24. The lowest BCUT2D eigenvalue weighted by Crippen LogP contribution is -2.30. The van der Waals surface area contributed by atoms with E-state index < -0.39 is 5.91 Å². The van der Waals surface area contributed by atoms with Crippen molar-refractivity contribution < 1.29 is 9.59 Å². The molecule has 0 radical (unpaired) electrons. The molecule has 1 aromatic carbocycles. The first-order valence-electron chi connectivity index (χ1n) is 9.32. The minimum Gasteiger partial charge on any atom is -0.365 e. The smallest absolute Gasteiger partial charge is 0.251 e. The molecule has 0 unspecified atom stereocenters. The van der Waals surface area contributed by atoms with Crippen molar-refractivity contribution in [2.75, 3.05) is 24.2 Å². The van der Waals surface area contributed by atoms with Gasteiger partial charge in [0.05, 0.1) is 5.56 Å². The van der Waals surface area contributed by atoms with Crippen molar-refractivity contribution in [3.63, 3.8) is 0 Å². The number of anilines is 1. The number of amides is 2. The zero-order valence-electron chi connectivity index (χ0n) is 15.8. The zero-order chi connectivity index (χ0) is 20.1. The Bertz CT molecular complexity index is 852. The van der Waals surface area contributed by atoms with Crippen molar-refractivity contribution in [3.8, 4) is 0 Å². The van der Waals surface area contributed by atoms with Gasteiger partial charge in [0.2, 0.25) is 5.91 Å². The van der Waals surface area contributed by atoms with E-state index in [0.29, 0.717) is 17.0 Å². The van der Waals surface area contributed by atoms with E-state index in [1.54, 1.807) is 11.8 Å². The van der Waals surface area contributed by atoms with Gasteiger partial charge < -0.3 is 11.1 Å². The Kier molecular flexibility index (Phi) is 7.40. The highest BCUT2D eigenvalue weighted by molar-refractivity contribution is 7.99. The summed E-state index contributed by atoms with van der Waals surface area (Å²) in [7, 11) is 0. The summed E-state index contributed by atoms with van der Waals surface area (Å²) < 4.78 is 0. The number of nitrogens with one attached hydrogen (secondary N) is 1. The molecule has 8 heteroatoms. The Balaban J connectivity index is 1.55. The molecular formula is C20H24ClN3O2S2. The molecule has 3 rings (SSSR count). The van der Waals surface area contributed by atoms with Crippen LogP contribution in [0.1, 0.15) is 40.6 Å². The van der Waals surface area contributed by atoms with Crippen LogP contribution in [0, 0.1) is 0 Å². The quantitative estimate of drug-likeness (QED) is 0.474. The summed E-state index contributed by atoms with van der Waals surface area (Å²) in [6.45, 7) is 4.81. The number of benzene rings is 1. The molecular weight excluding hydrogens is 414 g/mol. The lowest BCUT2D eigenvalue weighted by atomic mass is 10.0. The number of carbonyl (C=O) groups is 2. The molecule has 28 heavy (non-hydrogen) atoms. The van der Waals surface area contributed by atoms with Gasteiger partial charge >= 0.3 is 0 Å². The number of likely N-dealkylation sites (N-methyl/N-ethyl adjacent to an activating group) is 1. The predicted molar refractivity (Wildman–Crippen MR) is 118 cm³/mol. The maximum absolute atomic E-state index is 12.4. The van der Waals surface area contributed by atoms with Crippen molar-refractivity contribution >= 4 is 51.5 Å². The normalized spacial score (nSPS) is 13.9. The summed E-state index contributed by atoms with van der Waals surface area (Å²) >= 11 is 9.06. The fourth-order valence-electron chi connectivity index (χ4n) is 3.22. The Morgan fingerprint density at radius 2 is 2.07 bits per heavy atom. The van der Waals surface area contributed by atoms with Crippen molar-refractivity contribution in [2.24, 2.45) is 5.73 Å². The van der Waals surface area contributed by atoms with E-state index in [0.717, 1.165) is 58.6 Å². The number of rotatable bonds is 8. The lowest BCUT2D eigenvalue weighted by Gasteiger charge is -2.25. The van der Waals surface area contributed by atoms with Crippen LogP contribution in [0.4, 0.5) is 5.00 Å². The first kappa shape index (κ1) is 21.2. The number of nitrogens with two attached hydrogens (primary N) is 1. The highest BCUT2D eigenvalue weighted by atomic mass is 35.5. The first-order chi connectivity index (χ1) is 13.5. The summed E-state index contributed by atoms with van der Waals surface area (Å²) in [6, 6.07) is 7.67. The summed E-state index contributed by atoms with van der Waals surface area (Å²) in [4.78, 5) is 29.0. The largest absolute Gasteiger partial charge is 0.365 e. The van der Waals surface area contributed by atoms with Crippen molar-refractivity contribution in [2.45, 2.75) is 37.6 Å². The number of hydrogen-bond acceptors (Lipinski definition) is 5. The molecule has 2 amide bonds. The second-order valence-corrected chi connectivity index (χ2v) is 9.35. The van der Waals surface area contributed by atoms with Crippen LogP contribution in [0.25, 0.3) is 0 Å². The third kappa shape index (κ3) is 5.29. The van der Waals surface area contributed by atoms with E-state index >= 15 is 0 Å². The lowest BCUT2D eigenvalue weighted by molar-refractivity contribution is -0.116. The topological polar surface area (TPSA) is 75.4 Å². The van der Waals surface area contributed by atoms with E-state index in [4.69, 9.17) is 17.3 Å². The Labute approximate surface area is 178 Å². The molecule has 2 heterocycles. The van der Waals surface area contributed by atoms with E-state index in [9.17, 15) is 9.59 Å². The van der Waals surface area contributed by atoms with Gasteiger partial charge in [0, 0.05) is 34.3 Å². The molecule has 0 aliphatic carbocycles. The molecule has 0 atom stereocenters. The number of halogens is 1. The standard InChI is InChI=1S/C20H24ClN3O2S2/c1-2-24-10-9-15-16(12-24)28-20(18(15)19(22)26)23-17(25)4-3-11-27-14-7-5-13(21)6-8-14/h5-8H,2-4,9-12H2,1H3,(H2,22,26)(H,23,25). The molecule has 3 N–H and O–H groups in total. The van der Waals surface area contributed by atoms with Gasteiger partial charge in [-0.05, 0) is 55.0 Å². The number of fused-ring (bicyclic) bond motifs is 1. The van der Waals surface area contributed by atoms with Gasteiger partial charge in [-0.3, -0.25) is 14.5 Å². The second-order valence-electron chi connectivity index (χ2n) is 6.65. The molecule has 5 nitrogen and oxygen atoms in total. The Hall–Kier alpha value is -1.54. The number of hydrogen-bond donors (Lipinski definition) is 2. The second kappa shape index (κ2) is 9.78. The van der Waals surface area contributed by atoms with Gasteiger partial charge in [0.15, 0.2) is 0 Å². The third-order valence-electron chi connectivity index (χ3n) is 4.71. The van der Waals surface area contributed by atoms with Gasteiger partial charge in [-0.2, -0.15) is 0 Å². The predicted octanol–water partition coefficient (Wildman–Crippen LogP) is 4.39. The van der Waals surface area contributed by atoms with E-state index in [2.05, 4.69) is 17.1 Å². The maximum atomic E-state index is 12.4. The Morgan fingerprint density at radius 1 is 1.32 bits per heavy atom. The van der Waals surface area contributed by atoms with Gasteiger partial charge in [-0.25, -0.2) is 0 Å². The number of thiophene rings is 1. The SMILES string of the molecule is CCN1CCc2c(sc(NC(=O)CCCSc3ccc(Cl)cc3)c2C(N)=O)C1. The first-order valence-corrected chi connectivity index (χ1v) is 11.5. The molecule has 0 bridgehead atoms. The number of primary amides is 1. The minimum atomic E-state index is -0.462. The van der Waals surface area contributed by atoms with Crippen LogP contribution in [-0.4, -0.2) is 35.6 Å². The van der Waals surface area contributed by atoms with Crippen LogP contribution < -0.4 is 11.1 Å². The van der Waals surface area contributed by atoms with Crippen LogP contribution in [-0.2, 0) is 17.8 Å². The van der Waals surface area contributed by atoms with Crippen molar-refractivity contribution in [1.82, 2.24) is 4.90 Å². The molecule has 2 aromatic rings. The molecule has 1 aliphatic heterocycles. The minimum absolute atomic E-state index is 0.0786. The van der Waals surface area contributed by atoms with Crippen LogP contribution >= 0.6 is 34.7 Å². The number of carbonyl (C=O) groups excluding carboxylic acids is 2. The fraction of sp³-hybridized carbons (Fsp3) is 0.400. The molecule has 150 valence electrons. The number of nitrogens with zero attached hydrogens (tertiary/aromatic N) is 1. The van der Waals surface area contributed by atoms with Gasteiger partial charge in [0.1, 0.15) is 5.00 Å². The number of thioether (sulfide) groups is 1. The Morgan fingerprint density at radius 3 is 2.75 bits per heavy atom. The molecule has 1 aromatic heterocycles. The van der Waals surface area contributed by atoms with Crippen LogP contribution in [0.15, 0.2) is 29.2 Å². The van der Waals surface area contributed by atoms with E-state index in [-0.39, 0.29) is 5.91 Å². The average molecular weight is 438 g/mol. The van der Waals surface area contributed by atoms with Gasteiger partial charge in [0.25, 0.3) is 5.91 Å². The zero-order valence-corrected chi connectivity index (χ0v) is 18.2. The summed E-state index contributed by atoms with van der Waals surface area (Å²) in [6.07, 6.45) is 1.95. The van der Waals surface area contributed by atoms with Crippen molar-refractivity contribution in [1.29, 1.82) is 0 Å².